The van der Waals surface area contributed by atoms with Crippen molar-refractivity contribution in [2.24, 2.45) is 0 Å². The number of benzene rings is 2. The second-order valence-corrected chi connectivity index (χ2v) is 5.56. The van der Waals surface area contributed by atoms with E-state index in [1.165, 1.54) is 0 Å². The second kappa shape index (κ2) is 5.68. The third-order valence-electron chi connectivity index (χ3n) is 3.88. The molecule has 0 radical (unpaired) electrons. The van der Waals surface area contributed by atoms with Crippen molar-refractivity contribution in [2.75, 3.05) is 5.32 Å². The van der Waals surface area contributed by atoms with Crippen LogP contribution < -0.4 is 5.32 Å². The number of fused-ring (bicyclic) bond motifs is 1. The summed E-state index contributed by atoms with van der Waals surface area (Å²) in [5, 5.41) is 2.74. The largest absolute Gasteiger partial charge is 0.324 e. The monoisotopic (exact) mass is 308 g/mol. The lowest BCUT2D eigenvalue weighted by molar-refractivity contribution is -0.119. The Labute approximate surface area is 133 Å². The normalized spacial score (nSPS) is 14.6. The van der Waals surface area contributed by atoms with Gasteiger partial charge in [-0.1, -0.05) is 24.3 Å². The first kappa shape index (κ1) is 15.0. The fourth-order valence-electron chi connectivity index (χ4n) is 2.65. The van der Waals surface area contributed by atoms with Crippen molar-refractivity contribution in [3.63, 3.8) is 0 Å². The van der Waals surface area contributed by atoms with E-state index >= 15 is 0 Å². The lowest BCUT2D eigenvalue weighted by Gasteiger charge is -2.21. The zero-order valence-corrected chi connectivity index (χ0v) is 12.9. The summed E-state index contributed by atoms with van der Waals surface area (Å²) in [5.41, 5.74) is 2.33. The molecule has 2 aromatic rings. The van der Waals surface area contributed by atoms with Crippen molar-refractivity contribution < 1.29 is 14.4 Å². The molecule has 1 atom stereocenters. The van der Waals surface area contributed by atoms with E-state index in [9.17, 15) is 14.4 Å². The quantitative estimate of drug-likeness (QED) is 0.886. The summed E-state index contributed by atoms with van der Waals surface area (Å²) in [6, 6.07) is 13.0. The van der Waals surface area contributed by atoms with Crippen molar-refractivity contribution in [3.8, 4) is 0 Å². The molecule has 2 aromatic carbocycles. The van der Waals surface area contributed by atoms with Crippen LogP contribution in [0.2, 0.25) is 0 Å². The molecule has 1 heterocycles. The first-order valence-corrected chi connectivity index (χ1v) is 7.33. The van der Waals surface area contributed by atoms with Crippen LogP contribution in [0.25, 0.3) is 0 Å². The molecule has 3 rings (SSSR count). The highest BCUT2D eigenvalue weighted by Gasteiger charge is 2.40. The van der Waals surface area contributed by atoms with Gasteiger partial charge in [-0.05, 0) is 43.7 Å². The molecule has 23 heavy (non-hydrogen) atoms. The van der Waals surface area contributed by atoms with Gasteiger partial charge in [0, 0.05) is 5.69 Å². The number of rotatable bonds is 3. The first-order chi connectivity index (χ1) is 11.0. The van der Waals surface area contributed by atoms with E-state index < -0.39 is 23.8 Å². The van der Waals surface area contributed by atoms with E-state index in [0.29, 0.717) is 16.8 Å². The number of anilines is 1. The third-order valence-corrected chi connectivity index (χ3v) is 3.88. The van der Waals surface area contributed by atoms with Gasteiger partial charge in [0.2, 0.25) is 5.91 Å². The van der Waals surface area contributed by atoms with Crippen LogP contribution in [0.1, 0.15) is 33.2 Å². The summed E-state index contributed by atoms with van der Waals surface area (Å²) in [7, 11) is 0. The molecule has 0 spiro atoms. The minimum Gasteiger partial charge on any atom is -0.324 e. The van der Waals surface area contributed by atoms with Gasteiger partial charge in [0.05, 0.1) is 11.1 Å². The molecule has 1 aliphatic rings. The van der Waals surface area contributed by atoms with Crippen LogP contribution in [0.5, 0.6) is 0 Å². The number of hydrogen-bond acceptors (Lipinski definition) is 3. The molecular weight excluding hydrogens is 292 g/mol. The Morgan fingerprint density at radius 2 is 1.61 bits per heavy atom. The van der Waals surface area contributed by atoms with E-state index in [4.69, 9.17) is 0 Å². The van der Waals surface area contributed by atoms with Gasteiger partial charge >= 0.3 is 0 Å². The maximum Gasteiger partial charge on any atom is 0.262 e. The molecule has 3 amide bonds. The number of amides is 3. The van der Waals surface area contributed by atoms with Gasteiger partial charge in [-0.3, -0.25) is 19.3 Å². The zero-order valence-electron chi connectivity index (χ0n) is 12.9. The highest BCUT2D eigenvalue weighted by Crippen LogP contribution is 2.25. The minimum atomic E-state index is -0.886. The molecule has 116 valence electrons. The van der Waals surface area contributed by atoms with Crippen LogP contribution >= 0.6 is 0 Å². The molecular formula is C18H16N2O3. The molecule has 0 bridgehead atoms. The fourth-order valence-corrected chi connectivity index (χ4v) is 2.65. The average Bonchev–Trinajstić information content (AvgIpc) is 2.79. The number of aryl methyl sites for hydroxylation is 1. The van der Waals surface area contributed by atoms with Gasteiger partial charge in [-0.25, -0.2) is 0 Å². The smallest absolute Gasteiger partial charge is 0.262 e. The summed E-state index contributed by atoms with van der Waals surface area (Å²) in [6.07, 6.45) is 0. The Kier molecular flexibility index (Phi) is 3.70. The van der Waals surface area contributed by atoms with Crippen molar-refractivity contribution in [3.05, 3.63) is 65.2 Å². The second-order valence-electron chi connectivity index (χ2n) is 5.56. The highest BCUT2D eigenvalue weighted by atomic mass is 16.2. The lowest BCUT2D eigenvalue weighted by Crippen LogP contribution is -2.45. The average molecular weight is 308 g/mol. The van der Waals surface area contributed by atoms with E-state index in [0.717, 1.165) is 10.5 Å². The van der Waals surface area contributed by atoms with Crippen molar-refractivity contribution >= 4 is 23.4 Å². The topological polar surface area (TPSA) is 66.5 Å². The SMILES string of the molecule is Cc1cccc(NC(=O)C(C)N2C(=O)c3ccccc3C2=O)c1. The van der Waals surface area contributed by atoms with Crippen LogP contribution in [0, 0.1) is 6.92 Å². The van der Waals surface area contributed by atoms with Gasteiger partial charge in [0.1, 0.15) is 6.04 Å². The van der Waals surface area contributed by atoms with Crippen molar-refractivity contribution in [2.45, 2.75) is 19.9 Å². The fraction of sp³-hybridized carbons (Fsp3) is 0.167. The van der Waals surface area contributed by atoms with Gasteiger partial charge in [-0.15, -0.1) is 0 Å². The van der Waals surface area contributed by atoms with E-state index in [2.05, 4.69) is 5.32 Å². The maximum atomic E-state index is 12.4. The number of nitrogens with one attached hydrogen (secondary N) is 1. The zero-order chi connectivity index (χ0) is 16.6. The Morgan fingerprint density at radius 1 is 1.00 bits per heavy atom. The van der Waals surface area contributed by atoms with Crippen LogP contribution in [-0.2, 0) is 4.79 Å². The Bertz CT molecular complexity index is 778. The lowest BCUT2D eigenvalue weighted by atomic mass is 10.1. The molecule has 0 fully saturated rings. The van der Waals surface area contributed by atoms with E-state index in [1.54, 1.807) is 37.3 Å². The number of hydrogen-bond donors (Lipinski definition) is 1. The highest BCUT2D eigenvalue weighted by molar-refractivity contribution is 6.23. The molecule has 1 aliphatic heterocycles. The summed E-state index contributed by atoms with van der Waals surface area (Å²) >= 11 is 0. The van der Waals surface area contributed by atoms with Gasteiger partial charge < -0.3 is 5.32 Å². The van der Waals surface area contributed by atoms with Crippen LogP contribution in [0.15, 0.2) is 48.5 Å². The van der Waals surface area contributed by atoms with Gasteiger partial charge in [0.25, 0.3) is 11.8 Å². The van der Waals surface area contributed by atoms with Gasteiger partial charge in [-0.2, -0.15) is 0 Å². The number of imide groups is 1. The number of nitrogens with zero attached hydrogens (tertiary/aromatic N) is 1. The third kappa shape index (κ3) is 2.61. The summed E-state index contributed by atoms with van der Waals surface area (Å²) < 4.78 is 0. The van der Waals surface area contributed by atoms with Crippen LogP contribution in [-0.4, -0.2) is 28.7 Å². The van der Waals surface area contributed by atoms with E-state index in [-0.39, 0.29) is 0 Å². The Balaban J connectivity index is 1.81. The van der Waals surface area contributed by atoms with Gasteiger partial charge in [0.15, 0.2) is 0 Å². The Hall–Kier alpha value is -2.95. The van der Waals surface area contributed by atoms with Crippen LogP contribution in [0.3, 0.4) is 0 Å². The minimum absolute atomic E-state index is 0.340. The molecule has 0 aliphatic carbocycles. The summed E-state index contributed by atoms with van der Waals surface area (Å²) in [4.78, 5) is 38.2. The molecule has 0 saturated heterocycles. The predicted octanol–water partition coefficient (Wildman–Crippen LogP) is 2.62. The Morgan fingerprint density at radius 3 is 2.17 bits per heavy atom. The first-order valence-electron chi connectivity index (χ1n) is 7.33. The molecule has 1 N–H and O–H groups in total. The number of carbonyl (C=O) groups is 3. The summed E-state index contributed by atoms with van der Waals surface area (Å²) in [6.45, 7) is 3.47. The van der Waals surface area contributed by atoms with Crippen molar-refractivity contribution in [1.82, 2.24) is 4.90 Å². The molecule has 5 heteroatoms. The summed E-state index contributed by atoms with van der Waals surface area (Å²) in [5.74, 6) is -1.26. The molecule has 0 aromatic heterocycles. The predicted molar refractivity (Wildman–Crippen MR) is 86.2 cm³/mol. The van der Waals surface area contributed by atoms with Crippen LogP contribution in [0.4, 0.5) is 5.69 Å². The number of carbonyl (C=O) groups excluding carboxylic acids is 3. The van der Waals surface area contributed by atoms with E-state index in [1.807, 2.05) is 25.1 Å². The standard InChI is InChI=1S/C18H16N2O3/c1-11-6-5-7-13(10-11)19-16(21)12(2)20-17(22)14-8-3-4-9-15(14)18(20)23/h3-10,12H,1-2H3,(H,19,21). The maximum absolute atomic E-state index is 12.4. The molecule has 5 nitrogen and oxygen atoms in total. The van der Waals surface area contributed by atoms with Crippen molar-refractivity contribution in [1.29, 1.82) is 0 Å². The molecule has 0 saturated carbocycles. The molecule has 1 unspecified atom stereocenters.